The molecule has 0 nitrogen and oxygen atoms in total. The van der Waals surface area contributed by atoms with Crippen LogP contribution in [0.4, 0.5) is 4.39 Å². The van der Waals surface area contributed by atoms with Gasteiger partial charge in [-0.1, -0.05) is 41.9 Å². The van der Waals surface area contributed by atoms with Crippen molar-refractivity contribution in [3.05, 3.63) is 46.2 Å². The highest BCUT2D eigenvalue weighted by atomic mass is 79.9. The number of benzene rings is 1. The molecule has 82 valence electrons. The van der Waals surface area contributed by atoms with Crippen LogP contribution in [-0.4, -0.2) is 0 Å². The van der Waals surface area contributed by atoms with Gasteiger partial charge in [-0.05, 0) is 42.5 Å². The van der Waals surface area contributed by atoms with E-state index in [1.54, 1.807) is 6.07 Å². The van der Waals surface area contributed by atoms with Crippen molar-refractivity contribution in [2.45, 2.75) is 26.7 Å². The highest BCUT2D eigenvalue weighted by Gasteiger charge is 2.05. The van der Waals surface area contributed by atoms with E-state index in [1.165, 1.54) is 6.07 Å². The van der Waals surface area contributed by atoms with Crippen molar-refractivity contribution < 1.29 is 4.39 Å². The van der Waals surface area contributed by atoms with Gasteiger partial charge in [-0.3, -0.25) is 0 Å². The van der Waals surface area contributed by atoms with Crippen molar-refractivity contribution in [2.75, 3.05) is 0 Å². The normalized spacial score (nSPS) is 13.3. The lowest BCUT2D eigenvalue weighted by molar-refractivity contribution is 0.591. The SMILES string of the molecule is CC/C=C\C(C)Cc1cc(Br)ccc1F. The number of hydrogen-bond donors (Lipinski definition) is 0. The molecule has 1 atom stereocenters. The van der Waals surface area contributed by atoms with Crippen LogP contribution in [-0.2, 0) is 6.42 Å². The van der Waals surface area contributed by atoms with Crippen LogP contribution < -0.4 is 0 Å². The van der Waals surface area contributed by atoms with E-state index in [-0.39, 0.29) is 5.82 Å². The lowest BCUT2D eigenvalue weighted by Crippen LogP contribution is -1.98. The number of rotatable bonds is 4. The Bertz CT molecular complexity index is 344. The third-order valence-corrected chi connectivity index (χ3v) is 2.74. The molecular weight excluding hydrogens is 255 g/mol. The summed E-state index contributed by atoms with van der Waals surface area (Å²) in [6.45, 7) is 4.20. The predicted octanol–water partition coefficient (Wildman–Crippen LogP) is 4.73. The summed E-state index contributed by atoms with van der Waals surface area (Å²) < 4.78 is 14.3. The van der Waals surface area contributed by atoms with Gasteiger partial charge in [-0.25, -0.2) is 4.39 Å². The number of halogens is 2. The maximum atomic E-state index is 13.4. The lowest BCUT2D eigenvalue weighted by atomic mass is 10.00. The minimum atomic E-state index is -0.116. The van der Waals surface area contributed by atoms with E-state index in [4.69, 9.17) is 0 Å². The van der Waals surface area contributed by atoms with Crippen molar-refractivity contribution in [2.24, 2.45) is 5.92 Å². The van der Waals surface area contributed by atoms with Crippen molar-refractivity contribution in [1.29, 1.82) is 0 Å². The van der Waals surface area contributed by atoms with E-state index in [1.807, 2.05) is 6.07 Å². The van der Waals surface area contributed by atoms with Crippen LogP contribution in [0.1, 0.15) is 25.8 Å². The molecule has 1 rings (SSSR count). The van der Waals surface area contributed by atoms with Gasteiger partial charge in [0.1, 0.15) is 5.82 Å². The molecule has 0 aliphatic heterocycles. The molecule has 0 aromatic heterocycles. The summed E-state index contributed by atoms with van der Waals surface area (Å²) in [6.07, 6.45) is 6.05. The highest BCUT2D eigenvalue weighted by molar-refractivity contribution is 9.10. The first kappa shape index (κ1) is 12.4. The highest BCUT2D eigenvalue weighted by Crippen LogP contribution is 2.19. The molecule has 0 fully saturated rings. The zero-order valence-corrected chi connectivity index (χ0v) is 10.7. The summed E-state index contributed by atoms with van der Waals surface area (Å²) in [5, 5.41) is 0. The van der Waals surface area contributed by atoms with E-state index < -0.39 is 0 Å². The second kappa shape index (κ2) is 6.06. The van der Waals surface area contributed by atoms with Crippen LogP contribution in [0.15, 0.2) is 34.8 Å². The van der Waals surface area contributed by atoms with Gasteiger partial charge in [0, 0.05) is 4.47 Å². The van der Waals surface area contributed by atoms with Gasteiger partial charge in [0.25, 0.3) is 0 Å². The summed E-state index contributed by atoms with van der Waals surface area (Å²) in [4.78, 5) is 0. The molecule has 0 saturated carbocycles. The molecule has 0 aliphatic rings. The molecule has 1 aromatic rings. The predicted molar refractivity (Wildman–Crippen MR) is 66.4 cm³/mol. The maximum Gasteiger partial charge on any atom is 0.126 e. The Hall–Kier alpha value is -0.630. The Morgan fingerprint density at radius 1 is 1.47 bits per heavy atom. The van der Waals surface area contributed by atoms with Crippen LogP contribution in [0, 0.1) is 11.7 Å². The maximum absolute atomic E-state index is 13.4. The molecule has 1 unspecified atom stereocenters. The van der Waals surface area contributed by atoms with Crippen molar-refractivity contribution >= 4 is 15.9 Å². The molecule has 2 heteroatoms. The van der Waals surface area contributed by atoms with Crippen molar-refractivity contribution in [3.8, 4) is 0 Å². The lowest BCUT2D eigenvalue weighted by Gasteiger charge is -2.07. The van der Waals surface area contributed by atoms with Gasteiger partial charge < -0.3 is 0 Å². The molecule has 0 aliphatic carbocycles. The Kier molecular flexibility index (Phi) is 5.03. The fourth-order valence-electron chi connectivity index (χ4n) is 1.48. The molecule has 0 bridgehead atoms. The van der Waals surface area contributed by atoms with Gasteiger partial charge in [-0.2, -0.15) is 0 Å². The second-order valence-corrected chi connectivity index (χ2v) is 4.67. The van der Waals surface area contributed by atoms with Crippen LogP contribution in [0.2, 0.25) is 0 Å². The third-order valence-electron chi connectivity index (χ3n) is 2.25. The summed E-state index contributed by atoms with van der Waals surface area (Å²) in [5.41, 5.74) is 0.776. The molecule has 1 aromatic carbocycles. The van der Waals surface area contributed by atoms with E-state index in [9.17, 15) is 4.39 Å². The monoisotopic (exact) mass is 270 g/mol. The summed E-state index contributed by atoms with van der Waals surface area (Å²) in [7, 11) is 0. The largest absolute Gasteiger partial charge is 0.207 e. The molecule has 0 amide bonds. The van der Waals surface area contributed by atoms with E-state index >= 15 is 0 Å². The van der Waals surface area contributed by atoms with Gasteiger partial charge in [0.15, 0.2) is 0 Å². The van der Waals surface area contributed by atoms with E-state index in [2.05, 4.69) is 41.9 Å². The number of hydrogen-bond acceptors (Lipinski definition) is 0. The van der Waals surface area contributed by atoms with E-state index in [0.29, 0.717) is 5.92 Å². The average molecular weight is 271 g/mol. The quantitative estimate of drug-likeness (QED) is 0.694. The zero-order valence-electron chi connectivity index (χ0n) is 9.13. The average Bonchev–Trinajstić information content (AvgIpc) is 2.20. The Morgan fingerprint density at radius 2 is 2.20 bits per heavy atom. The zero-order chi connectivity index (χ0) is 11.3. The molecule has 0 N–H and O–H groups in total. The summed E-state index contributed by atoms with van der Waals surface area (Å²) >= 11 is 3.35. The Morgan fingerprint density at radius 3 is 2.87 bits per heavy atom. The van der Waals surface area contributed by atoms with Crippen LogP contribution in [0.3, 0.4) is 0 Å². The first-order valence-electron chi connectivity index (χ1n) is 5.24. The molecule has 15 heavy (non-hydrogen) atoms. The smallest absolute Gasteiger partial charge is 0.126 e. The van der Waals surface area contributed by atoms with Crippen LogP contribution >= 0.6 is 15.9 Å². The summed E-state index contributed by atoms with van der Waals surface area (Å²) in [6, 6.07) is 5.09. The first-order valence-corrected chi connectivity index (χ1v) is 6.03. The van der Waals surface area contributed by atoms with Crippen LogP contribution in [0.5, 0.6) is 0 Å². The topological polar surface area (TPSA) is 0 Å². The first-order chi connectivity index (χ1) is 7.13. The molecule has 0 spiro atoms. The second-order valence-electron chi connectivity index (χ2n) is 3.75. The molecule has 0 saturated heterocycles. The molecular formula is C13H16BrF. The van der Waals surface area contributed by atoms with Crippen LogP contribution in [0.25, 0.3) is 0 Å². The standard InChI is InChI=1S/C13H16BrF/c1-3-4-5-10(2)8-11-9-12(14)6-7-13(11)15/h4-7,9-10H,3,8H2,1-2H3/b5-4-. The van der Waals surface area contributed by atoms with Crippen molar-refractivity contribution in [1.82, 2.24) is 0 Å². The Balaban J connectivity index is 2.71. The van der Waals surface area contributed by atoms with Gasteiger partial charge >= 0.3 is 0 Å². The van der Waals surface area contributed by atoms with Gasteiger partial charge in [-0.15, -0.1) is 0 Å². The van der Waals surface area contributed by atoms with Gasteiger partial charge in [0.05, 0.1) is 0 Å². The fraction of sp³-hybridized carbons (Fsp3) is 0.385. The minimum absolute atomic E-state index is 0.116. The molecule has 0 radical (unpaired) electrons. The van der Waals surface area contributed by atoms with Crippen molar-refractivity contribution in [3.63, 3.8) is 0 Å². The van der Waals surface area contributed by atoms with E-state index in [0.717, 1.165) is 22.9 Å². The molecule has 0 heterocycles. The third kappa shape index (κ3) is 4.17. The minimum Gasteiger partial charge on any atom is -0.207 e. The summed E-state index contributed by atoms with van der Waals surface area (Å²) in [5.74, 6) is 0.267. The Labute approximate surface area is 99.3 Å². The number of allylic oxidation sites excluding steroid dienone is 2. The fourth-order valence-corrected chi connectivity index (χ4v) is 1.89. The van der Waals surface area contributed by atoms with Gasteiger partial charge in [0.2, 0.25) is 0 Å².